The fraction of sp³-hybridized carbons (Fsp3) is 0.538. The Labute approximate surface area is 127 Å². The van der Waals surface area contributed by atoms with Gasteiger partial charge in [0, 0.05) is 45.1 Å². The second-order valence-electron chi connectivity index (χ2n) is 5.09. The van der Waals surface area contributed by atoms with Crippen LogP contribution in [0.25, 0.3) is 0 Å². The smallest absolute Gasteiger partial charge is 0.267 e. The molecular formula is C13H18N6OS. The van der Waals surface area contributed by atoms with Gasteiger partial charge in [0.2, 0.25) is 0 Å². The van der Waals surface area contributed by atoms with Crippen molar-refractivity contribution in [2.75, 3.05) is 32.7 Å². The van der Waals surface area contributed by atoms with Crippen molar-refractivity contribution in [2.45, 2.75) is 13.5 Å². The van der Waals surface area contributed by atoms with Crippen molar-refractivity contribution in [3.63, 3.8) is 0 Å². The zero-order valence-electron chi connectivity index (χ0n) is 12.0. The van der Waals surface area contributed by atoms with E-state index in [2.05, 4.69) is 19.6 Å². The molecule has 0 saturated carbocycles. The second kappa shape index (κ2) is 6.31. The predicted molar refractivity (Wildman–Crippen MR) is 79.2 cm³/mol. The first kappa shape index (κ1) is 14.2. The van der Waals surface area contributed by atoms with Gasteiger partial charge in [0.25, 0.3) is 5.91 Å². The summed E-state index contributed by atoms with van der Waals surface area (Å²) in [6.07, 6.45) is 3.77. The summed E-state index contributed by atoms with van der Waals surface area (Å²) in [5, 5.41) is 8.11. The standard InChI is InChI=1S/C13H18N6OS/c1-11-12(21-16-15-11)13(20)18-8-5-17(6-9-18)7-10-19-4-2-3-14-19/h2-4H,5-10H2,1H3. The van der Waals surface area contributed by atoms with Crippen LogP contribution in [0.5, 0.6) is 0 Å². The number of aryl methyl sites for hydroxylation is 1. The first-order valence-electron chi connectivity index (χ1n) is 7.02. The zero-order valence-corrected chi connectivity index (χ0v) is 12.8. The van der Waals surface area contributed by atoms with E-state index < -0.39 is 0 Å². The summed E-state index contributed by atoms with van der Waals surface area (Å²) in [5.41, 5.74) is 0.728. The Bertz CT molecular complexity index is 588. The normalized spacial score (nSPS) is 16.3. The maximum absolute atomic E-state index is 12.4. The minimum absolute atomic E-state index is 0.0641. The molecule has 3 heterocycles. The van der Waals surface area contributed by atoms with Crippen LogP contribution in [0.3, 0.4) is 0 Å². The Morgan fingerprint density at radius 1 is 1.29 bits per heavy atom. The van der Waals surface area contributed by atoms with Crippen LogP contribution in [0, 0.1) is 6.92 Å². The van der Waals surface area contributed by atoms with E-state index in [1.54, 1.807) is 6.20 Å². The highest BCUT2D eigenvalue weighted by Gasteiger charge is 2.24. The Balaban J connectivity index is 1.49. The number of nitrogens with zero attached hydrogens (tertiary/aromatic N) is 6. The minimum Gasteiger partial charge on any atom is -0.335 e. The largest absolute Gasteiger partial charge is 0.335 e. The molecule has 1 aliphatic heterocycles. The number of hydrogen-bond donors (Lipinski definition) is 0. The number of aromatic nitrogens is 4. The second-order valence-corrected chi connectivity index (χ2v) is 5.84. The maximum Gasteiger partial charge on any atom is 0.267 e. The van der Waals surface area contributed by atoms with Gasteiger partial charge in [-0.25, -0.2) is 0 Å². The van der Waals surface area contributed by atoms with E-state index in [0.717, 1.165) is 45.0 Å². The number of carbonyl (C=O) groups excluding carboxylic acids is 1. The van der Waals surface area contributed by atoms with Crippen LogP contribution in [0.4, 0.5) is 0 Å². The Morgan fingerprint density at radius 3 is 2.71 bits per heavy atom. The third kappa shape index (κ3) is 3.27. The van der Waals surface area contributed by atoms with Gasteiger partial charge in [-0.15, -0.1) is 5.10 Å². The highest BCUT2D eigenvalue weighted by Crippen LogP contribution is 2.14. The average Bonchev–Trinajstić information content (AvgIpc) is 3.16. The van der Waals surface area contributed by atoms with Crippen molar-refractivity contribution in [3.8, 4) is 0 Å². The van der Waals surface area contributed by atoms with Crippen molar-refractivity contribution in [3.05, 3.63) is 29.0 Å². The molecule has 21 heavy (non-hydrogen) atoms. The highest BCUT2D eigenvalue weighted by atomic mass is 32.1. The van der Waals surface area contributed by atoms with E-state index in [4.69, 9.17) is 0 Å². The molecule has 8 heteroatoms. The molecule has 0 unspecified atom stereocenters. The first-order chi connectivity index (χ1) is 10.2. The van der Waals surface area contributed by atoms with Crippen LogP contribution in [0.15, 0.2) is 18.5 Å². The monoisotopic (exact) mass is 306 g/mol. The van der Waals surface area contributed by atoms with Crippen molar-refractivity contribution in [2.24, 2.45) is 0 Å². The molecule has 0 bridgehead atoms. The van der Waals surface area contributed by atoms with E-state index >= 15 is 0 Å². The van der Waals surface area contributed by atoms with Gasteiger partial charge in [-0.2, -0.15) is 5.10 Å². The molecule has 2 aromatic heterocycles. The molecule has 1 saturated heterocycles. The van der Waals surface area contributed by atoms with Gasteiger partial charge in [0.15, 0.2) is 0 Å². The van der Waals surface area contributed by atoms with Gasteiger partial charge in [-0.1, -0.05) is 4.49 Å². The zero-order chi connectivity index (χ0) is 14.7. The quantitative estimate of drug-likeness (QED) is 0.823. The number of piperazine rings is 1. The molecule has 0 aromatic carbocycles. The predicted octanol–water partition coefficient (Wildman–Crippen LogP) is 0.501. The molecule has 1 amide bonds. The summed E-state index contributed by atoms with van der Waals surface area (Å²) < 4.78 is 5.77. The molecular weight excluding hydrogens is 288 g/mol. The molecule has 0 aliphatic carbocycles. The number of carbonyl (C=O) groups is 1. The van der Waals surface area contributed by atoms with E-state index in [1.807, 2.05) is 28.8 Å². The molecule has 2 aromatic rings. The van der Waals surface area contributed by atoms with Crippen LogP contribution in [0.1, 0.15) is 15.4 Å². The summed E-state index contributed by atoms with van der Waals surface area (Å²) in [5.74, 6) is 0.0641. The fourth-order valence-electron chi connectivity index (χ4n) is 2.42. The van der Waals surface area contributed by atoms with Crippen molar-refractivity contribution in [1.29, 1.82) is 0 Å². The van der Waals surface area contributed by atoms with Crippen molar-refractivity contribution >= 4 is 17.4 Å². The lowest BCUT2D eigenvalue weighted by Gasteiger charge is -2.34. The number of amides is 1. The fourth-order valence-corrected chi connectivity index (χ4v) is 3.05. The number of hydrogen-bond acceptors (Lipinski definition) is 6. The average molecular weight is 306 g/mol. The van der Waals surface area contributed by atoms with Crippen LogP contribution in [-0.4, -0.2) is 67.8 Å². The third-order valence-electron chi connectivity index (χ3n) is 3.71. The lowest BCUT2D eigenvalue weighted by molar-refractivity contribution is 0.0636. The Hall–Kier alpha value is -1.80. The van der Waals surface area contributed by atoms with Gasteiger partial charge < -0.3 is 4.90 Å². The molecule has 0 spiro atoms. The SMILES string of the molecule is Cc1nnsc1C(=O)N1CCN(CCn2cccn2)CC1. The van der Waals surface area contributed by atoms with Gasteiger partial charge in [0.1, 0.15) is 4.88 Å². The van der Waals surface area contributed by atoms with Crippen LogP contribution < -0.4 is 0 Å². The third-order valence-corrected chi connectivity index (χ3v) is 4.53. The topological polar surface area (TPSA) is 67.2 Å². The van der Waals surface area contributed by atoms with Crippen molar-refractivity contribution < 1.29 is 4.79 Å². The molecule has 0 atom stereocenters. The summed E-state index contributed by atoms with van der Waals surface area (Å²) in [7, 11) is 0. The van der Waals surface area contributed by atoms with Gasteiger partial charge in [0.05, 0.1) is 12.2 Å². The molecule has 7 nitrogen and oxygen atoms in total. The summed E-state index contributed by atoms with van der Waals surface area (Å²) in [4.78, 5) is 17.3. The molecule has 112 valence electrons. The minimum atomic E-state index is 0.0641. The lowest BCUT2D eigenvalue weighted by Crippen LogP contribution is -2.49. The molecule has 3 rings (SSSR count). The van der Waals surface area contributed by atoms with Crippen LogP contribution >= 0.6 is 11.5 Å². The van der Waals surface area contributed by atoms with Crippen LogP contribution in [-0.2, 0) is 6.54 Å². The lowest BCUT2D eigenvalue weighted by atomic mass is 10.2. The maximum atomic E-state index is 12.4. The molecule has 1 fully saturated rings. The summed E-state index contributed by atoms with van der Waals surface area (Å²) in [6.45, 7) is 7.00. The number of rotatable bonds is 4. The van der Waals surface area contributed by atoms with E-state index in [1.165, 1.54) is 11.5 Å². The first-order valence-corrected chi connectivity index (χ1v) is 7.79. The Morgan fingerprint density at radius 2 is 2.10 bits per heavy atom. The van der Waals surface area contributed by atoms with E-state index in [-0.39, 0.29) is 5.91 Å². The molecule has 1 aliphatic rings. The Kier molecular flexibility index (Phi) is 4.26. The van der Waals surface area contributed by atoms with Crippen molar-refractivity contribution in [1.82, 2.24) is 29.2 Å². The van der Waals surface area contributed by atoms with Gasteiger partial charge in [-0.3, -0.25) is 14.4 Å². The molecule has 0 radical (unpaired) electrons. The highest BCUT2D eigenvalue weighted by molar-refractivity contribution is 7.07. The summed E-state index contributed by atoms with van der Waals surface area (Å²) in [6, 6.07) is 1.93. The summed E-state index contributed by atoms with van der Waals surface area (Å²) >= 11 is 1.18. The molecule has 0 N–H and O–H groups in total. The van der Waals surface area contributed by atoms with Gasteiger partial charge in [-0.05, 0) is 24.5 Å². The van der Waals surface area contributed by atoms with Gasteiger partial charge >= 0.3 is 0 Å². The van der Waals surface area contributed by atoms with E-state index in [9.17, 15) is 4.79 Å². The van der Waals surface area contributed by atoms with Crippen LogP contribution in [0.2, 0.25) is 0 Å². The van der Waals surface area contributed by atoms with E-state index in [0.29, 0.717) is 4.88 Å².